The summed E-state index contributed by atoms with van der Waals surface area (Å²) in [6, 6.07) is 0. The highest BCUT2D eigenvalue weighted by atomic mass is 16.5. The first-order valence-electron chi connectivity index (χ1n) is 8.40. The molecular formula is C17H32O3. The molecule has 0 aromatic heterocycles. The lowest BCUT2D eigenvalue weighted by molar-refractivity contribution is -0.101. The van der Waals surface area contributed by atoms with E-state index in [-0.39, 0.29) is 12.2 Å². The Morgan fingerprint density at radius 1 is 1.15 bits per heavy atom. The lowest BCUT2D eigenvalue weighted by atomic mass is 9.68. The molecule has 1 saturated heterocycles. The summed E-state index contributed by atoms with van der Waals surface area (Å²) in [6.07, 6.45) is 6.23. The maximum absolute atomic E-state index is 10.2. The van der Waals surface area contributed by atoms with Gasteiger partial charge < -0.3 is 14.6 Å². The SMILES string of the molecule is CCC(C)(C)C1CCC(O)C(OCC2CCOCC2)C1. The third kappa shape index (κ3) is 4.19. The number of hydrogen-bond acceptors (Lipinski definition) is 3. The second kappa shape index (κ2) is 7.24. The number of hydrogen-bond donors (Lipinski definition) is 1. The first-order chi connectivity index (χ1) is 9.53. The molecule has 3 unspecified atom stereocenters. The van der Waals surface area contributed by atoms with Crippen molar-refractivity contribution < 1.29 is 14.6 Å². The molecule has 2 fully saturated rings. The van der Waals surface area contributed by atoms with Gasteiger partial charge in [-0.05, 0) is 49.4 Å². The topological polar surface area (TPSA) is 38.7 Å². The minimum atomic E-state index is -0.265. The second-order valence-corrected chi connectivity index (χ2v) is 7.35. The number of rotatable bonds is 5. The van der Waals surface area contributed by atoms with E-state index >= 15 is 0 Å². The minimum Gasteiger partial charge on any atom is -0.390 e. The van der Waals surface area contributed by atoms with Crippen LogP contribution in [0.2, 0.25) is 0 Å². The predicted molar refractivity (Wildman–Crippen MR) is 80.7 cm³/mol. The van der Waals surface area contributed by atoms with Crippen molar-refractivity contribution in [3.63, 3.8) is 0 Å². The van der Waals surface area contributed by atoms with E-state index in [9.17, 15) is 5.11 Å². The highest BCUT2D eigenvalue weighted by Gasteiger charge is 2.37. The summed E-state index contributed by atoms with van der Waals surface area (Å²) < 4.78 is 11.5. The molecule has 1 saturated carbocycles. The van der Waals surface area contributed by atoms with Crippen molar-refractivity contribution in [1.82, 2.24) is 0 Å². The third-order valence-electron chi connectivity index (χ3n) is 5.66. The molecule has 3 atom stereocenters. The van der Waals surface area contributed by atoms with E-state index in [0.717, 1.165) is 51.9 Å². The van der Waals surface area contributed by atoms with Gasteiger partial charge in [0, 0.05) is 13.2 Å². The molecule has 2 aliphatic rings. The Kier molecular flexibility index (Phi) is 5.88. The molecular weight excluding hydrogens is 252 g/mol. The summed E-state index contributed by atoms with van der Waals surface area (Å²) in [6.45, 7) is 9.50. The van der Waals surface area contributed by atoms with Gasteiger partial charge in [-0.15, -0.1) is 0 Å². The molecule has 1 N–H and O–H groups in total. The lowest BCUT2D eigenvalue weighted by Crippen LogP contribution is -2.41. The molecule has 3 nitrogen and oxygen atoms in total. The smallest absolute Gasteiger partial charge is 0.0836 e. The Labute approximate surface area is 124 Å². The Morgan fingerprint density at radius 3 is 2.50 bits per heavy atom. The second-order valence-electron chi connectivity index (χ2n) is 7.35. The van der Waals surface area contributed by atoms with Gasteiger partial charge in [-0.3, -0.25) is 0 Å². The van der Waals surface area contributed by atoms with Crippen molar-refractivity contribution in [2.24, 2.45) is 17.3 Å². The lowest BCUT2D eigenvalue weighted by Gasteiger charge is -2.41. The van der Waals surface area contributed by atoms with E-state index in [0.29, 0.717) is 17.3 Å². The van der Waals surface area contributed by atoms with Gasteiger partial charge in [-0.25, -0.2) is 0 Å². The number of aliphatic hydroxyl groups is 1. The number of aliphatic hydroxyl groups excluding tert-OH is 1. The third-order valence-corrected chi connectivity index (χ3v) is 5.66. The van der Waals surface area contributed by atoms with E-state index < -0.39 is 0 Å². The van der Waals surface area contributed by atoms with E-state index in [1.807, 2.05) is 0 Å². The van der Waals surface area contributed by atoms with Crippen LogP contribution in [-0.2, 0) is 9.47 Å². The Balaban J connectivity index is 1.82. The van der Waals surface area contributed by atoms with Gasteiger partial charge in [0.2, 0.25) is 0 Å². The van der Waals surface area contributed by atoms with Gasteiger partial charge >= 0.3 is 0 Å². The van der Waals surface area contributed by atoms with Gasteiger partial charge in [0.05, 0.1) is 18.8 Å². The Morgan fingerprint density at radius 2 is 1.85 bits per heavy atom. The van der Waals surface area contributed by atoms with Crippen molar-refractivity contribution in [3.05, 3.63) is 0 Å². The molecule has 1 aliphatic heterocycles. The molecule has 0 bridgehead atoms. The monoisotopic (exact) mass is 284 g/mol. The molecule has 0 radical (unpaired) electrons. The normalized spacial score (nSPS) is 33.3. The predicted octanol–water partition coefficient (Wildman–Crippen LogP) is 3.40. The highest BCUT2D eigenvalue weighted by molar-refractivity contribution is 4.87. The van der Waals surface area contributed by atoms with E-state index in [1.165, 1.54) is 6.42 Å². The van der Waals surface area contributed by atoms with Crippen LogP contribution in [0.4, 0.5) is 0 Å². The van der Waals surface area contributed by atoms with Gasteiger partial charge in [-0.2, -0.15) is 0 Å². The van der Waals surface area contributed by atoms with Crippen LogP contribution >= 0.6 is 0 Å². The van der Waals surface area contributed by atoms with Crippen LogP contribution in [0.3, 0.4) is 0 Å². The van der Waals surface area contributed by atoms with Gasteiger partial charge in [-0.1, -0.05) is 27.2 Å². The van der Waals surface area contributed by atoms with E-state index in [1.54, 1.807) is 0 Å². The fourth-order valence-electron chi connectivity index (χ4n) is 3.46. The average Bonchev–Trinajstić information content (AvgIpc) is 2.47. The quantitative estimate of drug-likeness (QED) is 0.841. The van der Waals surface area contributed by atoms with E-state index in [2.05, 4.69) is 20.8 Å². The molecule has 20 heavy (non-hydrogen) atoms. The molecule has 1 aliphatic carbocycles. The van der Waals surface area contributed by atoms with Crippen molar-refractivity contribution in [2.75, 3.05) is 19.8 Å². The molecule has 2 rings (SSSR count). The molecule has 0 spiro atoms. The van der Waals surface area contributed by atoms with Crippen molar-refractivity contribution >= 4 is 0 Å². The van der Waals surface area contributed by atoms with Crippen LogP contribution < -0.4 is 0 Å². The van der Waals surface area contributed by atoms with Gasteiger partial charge in [0.1, 0.15) is 0 Å². The molecule has 0 aromatic carbocycles. The molecule has 3 heteroatoms. The zero-order chi connectivity index (χ0) is 14.6. The zero-order valence-electron chi connectivity index (χ0n) is 13.4. The van der Waals surface area contributed by atoms with Crippen LogP contribution in [-0.4, -0.2) is 37.1 Å². The van der Waals surface area contributed by atoms with Crippen LogP contribution in [0, 0.1) is 17.3 Å². The maximum atomic E-state index is 10.2. The van der Waals surface area contributed by atoms with Crippen LogP contribution in [0.15, 0.2) is 0 Å². The fraction of sp³-hybridized carbons (Fsp3) is 1.00. The van der Waals surface area contributed by atoms with Crippen LogP contribution in [0.25, 0.3) is 0 Å². The molecule has 1 heterocycles. The number of ether oxygens (including phenoxy) is 2. The van der Waals surface area contributed by atoms with Crippen molar-refractivity contribution in [3.8, 4) is 0 Å². The van der Waals surface area contributed by atoms with Crippen LogP contribution in [0.1, 0.15) is 59.3 Å². The first-order valence-corrected chi connectivity index (χ1v) is 8.40. The fourth-order valence-corrected chi connectivity index (χ4v) is 3.46. The molecule has 0 aromatic rings. The van der Waals surface area contributed by atoms with Crippen molar-refractivity contribution in [1.29, 1.82) is 0 Å². The summed E-state index contributed by atoms with van der Waals surface area (Å²) in [4.78, 5) is 0. The minimum absolute atomic E-state index is 0.0439. The van der Waals surface area contributed by atoms with Gasteiger partial charge in [0.25, 0.3) is 0 Å². The Hall–Kier alpha value is -0.120. The highest BCUT2D eigenvalue weighted by Crippen LogP contribution is 2.41. The summed E-state index contributed by atoms with van der Waals surface area (Å²) in [5.74, 6) is 1.30. The Bertz CT molecular complexity index is 284. The maximum Gasteiger partial charge on any atom is 0.0836 e. The largest absolute Gasteiger partial charge is 0.390 e. The standard InChI is InChI=1S/C17H32O3/c1-4-17(2,3)14-5-6-15(18)16(11-14)20-12-13-7-9-19-10-8-13/h13-16,18H,4-12H2,1-3H3. The van der Waals surface area contributed by atoms with Crippen LogP contribution in [0.5, 0.6) is 0 Å². The molecule has 118 valence electrons. The first kappa shape index (κ1) is 16.3. The van der Waals surface area contributed by atoms with Gasteiger partial charge in [0.15, 0.2) is 0 Å². The van der Waals surface area contributed by atoms with E-state index in [4.69, 9.17) is 9.47 Å². The zero-order valence-corrected chi connectivity index (χ0v) is 13.4. The summed E-state index contributed by atoms with van der Waals surface area (Å²) >= 11 is 0. The van der Waals surface area contributed by atoms with Crippen molar-refractivity contribution in [2.45, 2.75) is 71.5 Å². The summed E-state index contributed by atoms with van der Waals surface area (Å²) in [7, 11) is 0. The molecule has 0 amide bonds. The average molecular weight is 284 g/mol. The summed E-state index contributed by atoms with van der Waals surface area (Å²) in [5.41, 5.74) is 0.362. The summed E-state index contributed by atoms with van der Waals surface area (Å²) in [5, 5.41) is 10.2.